The van der Waals surface area contributed by atoms with Gasteiger partial charge in [0.15, 0.2) is 0 Å². The van der Waals surface area contributed by atoms with Crippen molar-refractivity contribution in [2.75, 3.05) is 13.2 Å². The lowest BCUT2D eigenvalue weighted by Crippen LogP contribution is -2.57. The van der Waals surface area contributed by atoms with Crippen LogP contribution in [0.5, 0.6) is 5.88 Å². The molecule has 1 saturated heterocycles. The average molecular weight is 578 g/mol. The van der Waals surface area contributed by atoms with Crippen molar-refractivity contribution in [3.63, 3.8) is 0 Å². The minimum Gasteiger partial charge on any atom is -0.471 e. The summed E-state index contributed by atoms with van der Waals surface area (Å²) in [7, 11) is 0. The van der Waals surface area contributed by atoms with Crippen molar-refractivity contribution in [2.24, 2.45) is 5.92 Å². The van der Waals surface area contributed by atoms with Crippen LogP contribution in [0.1, 0.15) is 72.6 Å². The van der Waals surface area contributed by atoms with Crippen molar-refractivity contribution in [3.05, 3.63) is 42.6 Å². The number of carbonyl (C=O) groups excluding carboxylic acids is 3. The van der Waals surface area contributed by atoms with Crippen LogP contribution in [0.25, 0.3) is 11.0 Å². The van der Waals surface area contributed by atoms with Gasteiger partial charge in [-0.15, -0.1) is 0 Å². The molecule has 1 aromatic heterocycles. The fourth-order valence-corrected chi connectivity index (χ4v) is 6.08. The molecule has 2 aromatic rings. The van der Waals surface area contributed by atoms with Crippen molar-refractivity contribution >= 4 is 28.8 Å². The predicted molar refractivity (Wildman–Crippen MR) is 159 cm³/mol. The summed E-state index contributed by atoms with van der Waals surface area (Å²) in [5, 5.41) is 6.52. The van der Waals surface area contributed by atoms with Gasteiger partial charge < -0.3 is 25.0 Å². The maximum absolute atomic E-state index is 14.2. The molecule has 10 nitrogen and oxygen atoms in total. The van der Waals surface area contributed by atoms with Gasteiger partial charge in [-0.2, -0.15) is 0 Å². The van der Waals surface area contributed by atoms with Crippen molar-refractivity contribution in [2.45, 2.75) is 102 Å². The molecule has 2 aliphatic heterocycles. The molecule has 1 saturated carbocycles. The van der Waals surface area contributed by atoms with Crippen LogP contribution >= 0.6 is 0 Å². The molecule has 0 radical (unpaired) electrons. The van der Waals surface area contributed by atoms with E-state index in [1.54, 1.807) is 18.0 Å². The molecule has 226 valence electrons. The predicted octanol–water partition coefficient (Wildman–Crippen LogP) is 3.69. The average Bonchev–Trinajstić information content (AvgIpc) is 3.48. The number of allylic oxidation sites excluding steroid dienone is 1. The van der Waals surface area contributed by atoms with Gasteiger partial charge in [-0.1, -0.05) is 37.1 Å². The number of benzene rings is 1. The number of carbonyl (C=O) groups is 3. The van der Waals surface area contributed by atoms with Crippen molar-refractivity contribution < 1.29 is 23.9 Å². The van der Waals surface area contributed by atoms with Crippen LogP contribution in [0.4, 0.5) is 0 Å². The Balaban J connectivity index is 1.43. The molecule has 1 aromatic carbocycles. The van der Waals surface area contributed by atoms with E-state index >= 15 is 0 Å². The maximum atomic E-state index is 14.2. The lowest BCUT2D eigenvalue weighted by Gasteiger charge is -2.33. The van der Waals surface area contributed by atoms with Gasteiger partial charge in [0.05, 0.1) is 36.4 Å². The summed E-state index contributed by atoms with van der Waals surface area (Å²) in [6, 6.07) is 6.27. The Hall–Kier alpha value is -3.53. The second-order valence-corrected chi connectivity index (χ2v) is 12.7. The zero-order valence-electron chi connectivity index (χ0n) is 25.1. The second-order valence-electron chi connectivity index (χ2n) is 12.7. The van der Waals surface area contributed by atoms with Crippen molar-refractivity contribution in [1.82, 2.24) is 25.5 Å². The fraction of sp³-hybridized carbons (Fsp3) is 0.594. The van der Waals surface area contributed by atoms with E-state index in [4.69, 9.17) is 9.47 Å². The molecule has 2 unspecified atom stereocenters. The first-order valence-electron chi connectivity index (χ1n) is 15.2. The molecule has 3 heterocycles. The Kier molecular flexibility index (Phi) is 8.82. The van der Waals surface area contributed by atoms with Gasteiger partial charge in [0.2, 0.25) is 17.7 Å². The third-order valence-electron chi connectivity index (χ3n) is 8.20. The number of ether oxygens (including phenoxy) is 2. The van der Waals surface area contributed by atoms with Crippen LogP contribution in [0.2, 0.25) is 0 Å². The Morgan fingerprint density at radius 2 is 1.95 bits per heavy atom. The van der Waals surface area contributed by atoms with Crippen LogP contribution in [0.15, 0.2) is 42.6 Å². The summed E-state index contributed by atoms with van der Waals surface area (Å²) in [5.41, 5.74) is 0.0572. The highest BCUT2D eigenvalue weighted by Gasteiger charge is 2.62. The highest BCUT2D eigenvalue weighted by molar-refractivity contribution is 5.96. The monoisotopic (exact) mass is 577 g/mol. The first kappa shape index (κ1) is 29.9. The van der Waals surface area contributed by atoms with Crippen LogP contribution in [0, 0.1) is 5.92 Å². The maximum Gasteiger partial charge on any atom is 0.332 e. The molecule has 1 aliphatic carbocycles. The van der Waals surface area contributed by atoms with E-state index < -0.39 is 29.7 Å². The van der Waals surface area contributed by atoms with E-state index in [1.807, 2.05) is 51.1 Å². The van der Waals surface area contributed by atoms with Gasteiger partial charge >= 0.3 is 5.97 Å². The lowest BCUT2D eigenvalue weighted by atomic mass is 10.0. The number of amides is 2. The molecule has 10 heteroatoms. The number of aromatic nitrogens is 2. The minimum atomic E-state index is -1.11. The van der Waals surface area contributed by atoms with Gasteiger partial charge in [0, 0.05) is 17.9 Å². The van der Waals surface area contributed by atoms with E-state index in [0.29, 0.717) is 24.2 Å². The number of esters is 1. The van der Waals surface area contributed by atoms with E-state index in [2.05, 4.69) is 26.7 Å². The van der Waals surface area contributed by atoms with E-state index in [1.165, 1.54) is 0 Å². The normalized spacial score (nSPS) is 29.5. The van der Waals surface area contributed by atoms with Gasteiger partial charge in [-0.05, 0) is 65.5 Å². The molecule has 5 rings (SSSR count). The number of nitrogens with one attached hydrogen (secondary N) is 2. The third-order valence-corrected chi connectivity index (χ3v) is 8.20. The van der Waals surface area contributed by atoms with E-state index in [9.17, 15) is 14.4 Å². The van der Waals surface area contributed by atoms with Gasteiger partial charge in [0.25, 0.3) is 0 Å². The van der Waals surface area contributed by atoms with Crippen molar-refractivity contribution in [3.8, 4) is 5.88 Å². The molecule has 2 N–H and O–H groups in total. The van der Waals surface area contributed by atoms with Crippen LogP contribution in [0.3, 0.4) is 0 Å². The number of hydrogen-bond acceptors (Lipinski definition) is 8. The Labute approximate surface area is 247 Å². The summed E-state index contributed by atoms with van der Waals surface area (Å²) in [6.45, 7) is 8.32. The summed E-state index contributed by atoms with van der Waals surface area (Å²) in [4.78, 5) is 51.9. The van der Waals surface area contributed by atoms with E-state index in [0.717, 1.165) is 31.2 Å². The molecule has 5 atom stereocenters. The smallest absolute Gasteiger partial charge is 0.332 e. The van der Waals surface area contributed by atoms with Gasteiger partial charge in [-0.25, -0.2) is 14.8 Å². The molecule has 0 spiro atoms. The largest absolute Gasteiger partial charge is 0.471 e. The summed E-state index contributed by atoms with van der Waals surface area (Å²) in [6.07, 6.45) is 10.4. The third kappa shape index (κ3) is 6.75. The number of nitrogens with zero attached hydrogens (tertiary/aromatic N) is 3. The molecule has 2 amide bonds. The summed E-state index contributed by atoms with van der Waals surface area (Å²) < 4.78 is 11.6. The zero-order valence-corrected chi connectivity index (χ0v) is 25.1. The first-order chi connectivity index (χ1) is 20.1. The van der Waals surface area contributed by atoms with Crippen LogP contribution in [-0.2, 0) is 19.1 Å². The first-order valence-corrected chi connectivity index (χ1v) is 15.2. The molecule has 0 bridgehead atoms. The lowest BCUT2D eigenvalue weighted by molar-refractivity contribution is -0.150. The van der Waals surface area contributed by atoms with Gasteiger partial charge in [0.1, 0.15) is 17.7 Å². The van der Waals surface area contributed by atoms with E-state index in [-0.39, 0.29) is 42.8 Å². The molecular weight excluding hydrogens is 534 g/mol. The highest BCUT2D eigenvalue weighted by Crippen LogP contribution is 2.46. The van der Waals surface area contributed by atoms with Crippen LogP contribution < -0.4 is 15.4 Å². The minimum absolute atomic E-state index is 0.133. The zero-order chi connectivity index (χ0) is 29.9. The van der Waals surface area contributed by atoms with Gasteiger partial charge in [-0.3, -0.25) is 9.59 Å². The Bertz CT molecular complexity index is 1340. The SMILES string of the molecule is CCOC(=O)[C@@]12CC1/C=C\CCCCC[C@@H](NC(C)(C)C)C(=O)N1CC(Oc3cnc4ccccc4n3)C[C@H]1C(=O)N2. The number of hydrogen-bond donors (Lipinski definition) is 2. The highest BCUT2D eigenvalue weighted by atomic mass is 16.5. The number of para-hydroxylation sites is 2. The number of rotatable bonds is 5. The molecule has 3 aliphatic rings. The van der Waals surface area contributed by atoms with Crippen molar-refractivity contribution in [1.29, 1.82) is 0 Å². The Morgan fingerprint density at radius 3 is 2.71 bits per heavy atom. The number of fused-ring (bicyclic) bond motifs is 3. The molecular formula is C32H43N5O5. The molecule has 42 heavy (non-hydrogen) atoms. The second kappa shape index (κ2) is 12.4. The van der Waals surface area contributed by atoms with Crippen LogP contribution in [-0.4, -0.2) is 75.1 Å². The summed E-state index contributed by atoms with van der Waals surface area (Å²) >= 11 is 0. The fourth-order valence-electron chi connectivity index (χ4n) is 6.08. The molecule has 2 fully saturated rings. The quantitative estimate of drug-likeness (QED) is 0.408. The Morgan fingerprint density at radius 1 is 1.17 bits per heavy atom. The topological polar surface area (TPSA) is 123 Å². The standard InChI is InChI=1S/C32H43N5O5/c1-5-41-30(40)32-18-21(32)13-9-7-6-8-10-16-25(35-31(2,3)4)29(39)37-20-22(17-26(37)28(38)36-32)42-27-19-33-23-14-11-12-15-24(23)34-27/h9,11-15,19,21-22,25-26,35H,5-8,10,16-18,20H2,1-4H3,(H,36,38)/b13-9-/t21?,22?,25-,26+,32-/m1/s1. The summed E-state index contributed by atoms with van der Waals surface area (Å²) in [5.74, 6) is -0.723.